The van der Waals surface area contributed by atoms with Gasteiger partial charge in [0.2, 0.25) is 0 Å². The van der Waals surface area contributed by atoms with Gasteiger partial charge in [-0.05, 0) is 24.5 Å². The van der Waals surface area contributed by atoms with Crippen LogP contribution in [0.1, 0.15) is 18.1 Å². The summed E-state index contributed by atoms with van der Waals surface area (Å²) in [5.74, 6) is 3.49. The summed E-state index contributed by atoms with van der Waals surface area (Å²) < 4.78 is 0. The average molecular weight is 305 g/mol. The molecular formula is C21H24Si. The Balaban J connectivity index is 2.42. The third-order valence-electron chi connectivity index (χ3n) is 3.36. The van der Waals surface area contributed by atoms with Crippen molar-refractivity contribution in [3.05, 3.63) is 77.4 Å². The van der Waals surface area contributed by atoms with Crippen LogP contribution in [-0.2, 0) is 6.42 Å². The minimum atomic E-state index is -1.39. The van der Waals surface area contributed by atoms with Gasteiger partial charge in [-0.15, -0.1) is 5.54 Å². The smallest absolute Gasteiger partial charge is 0.127 e. The average Bonchev–Trinajstić information content (AvgIpc) is 2.48. The van der Waals surface area contributed by atoms with E-state index in [1.54, 1.807) is 0 Å². The van der Waals surface area contributed by atoms with Crippen molar-refractivity contribution in [2.24, 2.45) is 0 Å². The molecular weight excluding hydrogens is 280 g/mol. The highest BCUT2D eigenvalue weighted by molar-refractivity contribution is 6.84. The Morgan fingerprint density at radius 3 is 1.95 bits per heavy atom. The molecule has 0 aliphatic rings. The molecule has 0 radical (unpaired) electrons. The van der Waals surface area contributed by atoms with Gasteiger partial charge in [-0.1, -0.05) is 91.8 Å². The van der Waals surface area contributed by atoms with E-state index in [-0.39, 0.29) is 0 Å². The third kappa shape index (κ3) is 5.06. The fraction of sp³-hybridized carbons (Fsp3) is 0.238. The first kappa shape index (κ1) is 16.3. The molecule has 112 valence electrons. The molecule has 0 heterocycles. The molecule has 0 saturated heterocycles. The molecule has 0 aliphatic heterocycles. The highest BCUT2D eigenvalue weighted by Gasteiger charge is 2.09. The first-order valence-corrected chi connectivity index (χ1v) is 11.3. The van der Waals surface area contributed by atoms with Crippen LogP contribution in [0.4, 0.5) is 0 Å². The Labute approximate surface area is 135 Å². The molecule has 0 fully saturated rings. The van der Waals surface area contributed by atoms with E-state index < -0.39 is 8.07 Å². The molecule has 0 atom stereocenters. The van der Waals surface area contributed by atoms with E-state index in [0.717, 1.165) is 6.42 Å². The zero-order valence-electron chi connectivity index (χ0n) is 14.0. The van der Waals surface area contributed by atoms with Gasteiger partial charge in [0.25, 0.3) is 0 Å². The van der Waals surface area contributed by atoms with E-state index in [1.165, 1.54) is 22.3 Å². The molecule has 0 bridgehead atoms. The van der Waals surface area contributed by atoms with E-state index in [4.69, 9.17) is 0 Å². The molecule has 0 unspecified atom stereocenters. The van der Waals surface area contributed by atoms with Crippen LogP contribution in [0.25, 0.3) is 5.57 Å². The van der Waals surface area contributed by atoms with Gasteiger partial charge < -0.3 is 0 Å². The van der Waals surface area contributed by atoms with Crippen molar-refractivity contribution in [2.75, 3.05) is 0 Å². The summed E-state index contributed by atoms with van der Waals surface area (Å²) in [7, 11) is -1.39. The van der Waals surface area contributed by atoms with Crippen molar-refractivity contribution in [2.45, 2.75) is 33.0 Å². The summed E-state index contributed by atoms with van der Waals surface area (Å²) in [5, 5.41) is 0. The Bertz CT molecular complexity index is 692. The van der Waals surface area contributed by atoms with Gasteiger partial charge in [0, 0.05) is 5.57 Å². The lowest BCUT2D eigenvalue weighted by molar-refractivity contribution is 1.15. The number of allylic oxidation sites excluding steroid dienone is 2. The van der Waals surface area contributed by atoms with E-state index in [9.17, 15) is 0 Å². The maximum Gasteiger partial charge on any atom is 0.129 e. The maximum absolute atomic E-state index is 3.52. The summed E-state index contributed by atoms with van der Waals surface area (Å²) in [6, 6.07) is 21.1. The summed E-state index contributed by atoms with van der Waals surface area (Å²) in [6.07, 6.45) is 0.950. The molecule has 1 heteroatoms. The Hall–Kier alpha value is -2.04. The van der Waals surface area contributed by atoms with Crippen molar-refractivity contribution >= 4 is 13.6 Å². The predicted molar refractivity (Wildman–Crippen MR) is 100 cm³/mol. The molecule has 0 aromatic heterocycles. The van der Waals surface area contributed by atoms with E-state index >= 15 is 0 Å². The summed E-state index contributed by atoms with van der Waals surface area (Å²) >= 11 is 0. The van der Waals surface area contributed by atoms with Crippen molar-refractivity contribution < 1.29 is 0 Å². The quantitative estimate of drug-likeness (QED) is 0.512. The minimum absolute atomic E-state index is 0.950. The normalized spacial score (nSPS) is 12.2. The zero-order valence-corrected chi connectivity index (χ0v) is 15.0. The van der Waals surface area contributed by atoms with Crippen LogP contribution >= 0.6 is 0 Å². The second kappa shape index (κ2) is 7.29. The highest BCUT2D eigenvalue weighted by atomic mass is 28.3. The second-order valence-electron chi connectivity index (χ2n) is 6.68. The fourth-order valence-corrected chi connectivity index (χ4v) is 2.77. The Kier molecular flexibility index (Phi) is 5.41. The number of rotatable bonds is 3. The standard InChI is InChI=1S/C21H24Si/c1-18(17-19-11-7-5-8-12-19)21(15-16-22(2,3)4)20-13-9-6-10-14-20/h5-14H,17H2,1-4H3/b21-18-. The molecule has 0 spiro atoms. The summed E-state index contributed by atoms with van der Waals surface area (Å²) in [5.41, 5.74) is 8.60. The first-order chi connectivity index (χ1) is 10.5. The van der Waals surface area contributed by atoms with Crippen LogP contribution in [0.2, 0.25) is 19.6 Å². The SMILES string of the molecule is C/C(Cc1ccccc1)=C(\C#C[Si](C)(C)C)c1ccccc1. The van der Waals surface area contributed by atoms with Crippen LogP contribution in [0.3, 0.4) is 0 Å². The van der Waals surface area contributed by atoms with Crippen molar-refractivity contribution in [3.63, 3.8) is 0 Å². The second-order valence-corrected chi connectivity index (χ2v) is 11.4. The van der Waals surface area contributed by atoms with E-state index in [2.05, 4.69) is 98.7 Å². The third-order valence-corrected chi connectivity index (χ3v) is 4.24. The largest absolute Gasteiger partial charge is 0.129 e. The lowest BCUT2D eigenvalue weighted by Gasteiger charge is -2.10. The van der Waals surface area contributed by atoms with Gasteiger partial charge in [-0.2, -0.15) is 0 Å². The topological polar surface area (TPSA) is 0 Å². The zero-order chi connectivity index (χ0) is 16.0. The van der Waals surface area contributed by atoms with Gasteiger partial charge in [0.15, 0.2) is 0 Å². The van der Waals surface area contributed by atoms with Gasteiger partial charge in [-0.25, -0.2) is 0 Å². The van der Waals surface area contributed by atoms with E-state index in [0.29, 0.717) is 0 Å². The summed E-state index contributed by atoms with van der Waals surface area (Å²) in [6.45, 7) is 9.06. The van der Waals surface area contributed by atoms with Gasteiger partial charge in [0.05, 0.1) is 0 Å². The Morgan fingerprint density at radius 2 is 1.41 bits per heavy atom. The van der Waals surface area contributed by atoms with Gasteiger partial charge in [-0.3, -0.25) is 0 Å². The maximum atomic E-state index is 3.52. The van der Waals surface area contributed by atoms with Crippen LogP contribution in [-0.4, -0.2) is 8.07 Å². The highest BCUT2D eigenvalue weighted by Crippen LogP contribution is 2.21. The van der Waals surface area contributed by atoms with Crippen LogP contribution in [0.5, 0.6) is 0 Å². The van der Waals surface area contributed by atoms with E-state index in [1.807, 2.05) is 0 Å². The van der Waals surface area contributed by atoms with Crippen LogP contribution in [0, 0.1) is 11.5 Å². The first-order valence-electron chi connectivity index (χ1n) is 7.78. The molecule has 0 saturated carbocycles. The monoisotopic (exact) mass is 304 g/mol. The van der Waals surface area contributed by atoms with Crippen molar-refractivity contribution in [1.82, 2.24) is 0 Å². The van der Waals surface area contributed by atoms with Crippen LogP contribution < -0.4 is 0 Å². The van der Waals surface area contributed by atoms with Crippen molar-refractivity contribution in [1.29, 1.82) is 0 Å². The molecule has 0 aliphatic carbocycles. The van der Waals surface area contributed by atoms with Crippen molar-refractivity contribution in [3.8, 4) is 11.5 Å². The predicted octanol–water partition coefficient (Wildman–Crippen LogP) is 5.58. The molecule has 0 N–H and O–H groups in total. The molecule has 2 aromatic rings. The molecule has 0 nitrogen and oxygen atoms in total. The van der Waals surface area contributed by atoms with Gasteiger partial charge in [0.1, 0.15) is 8.07 Å². The summed E-state index contributed by atoms with van der Waals surface area (Å²) in [4.78, 5) is 0. The van der Waals surface area contributed by atoms with Gasteiger partial charge >= 0.3 is 0 Å². The molecule has 22 heavy (non-hydrogen) atoms. The minimum Gasteiger partial charge on any atom is -0.127 e. The lowest BCUT2D eigenvalue weighted by atomic mass is 9.96. The number of hydrogen-bond acceptors (Lipinski definition) is 0. The lowest BCUT2D eigenvalue weighted by Crippen LogP contribution is -2.16. The Morgan fingerprint density at radius 1 is 0.864 bits per heavy atom. The number of benzene rings is 2. The molecule has 0 amide bonds. The van der Waals surface area contributed by atoms with Crippen LogP contribution in [0.15, 0.2) is 66.2 Å². The number of hydrogen-bond donors (Lipinski definition) is 0. The molecule has 2 rings (SSSR count). The molecule has 2 aromatic carbocycles. The fourth-order valence-electron chi connectivity index (χ4n) is 2.27.